The molecule has 3 aromatic rings. The molecule has 4 rings (SSSR count). The van der Waals surface area contributed by atoms with E-state index in [1.54, 1.807) is 6.92 Å². The van der Waals surface area contributed by atoms with Crippen molar-refractivity contribution < 1.29 is 9.21 Å². The molecule has 1 saturated heterocycles. The highest BCUT2D eigenvalue weighted by atomic mass is 32.1. The zero-order chi connectivity index (χ0) is 19.5. The predicted octanol–water partition coefficient (Wildman–Crippen LogP) is 4.59. The number of hydrogen-bond donors (Lipinski definition) is 1. The molecule has 146 valence electrons. The first kappa shape index (κ1) is 18.8. The van der Waals surface area contributed by atoms with Gasteiger partial charge in [0.15, 0.2) is 10.8 Å². The number of likely N-dealkylation sites (tertiary alicyclic amines) is 1. The van der Waals surface area contributed by atoms with Crippen LogP contribution in [0.1, 0.15) is 41.7 Å². The number of hydrogen-bond acceptors (Lipinski definition) is 6. The number of anilines is 1. The zero-order valence-electron chi connectivity index (χ0n) is 16.1. The predicted molar refractivity (Wildman–Crippen MR) is 110 cm³/mol. The van der Waals surface area contributed by atoms with Gasteiger partial charge in [-0.1, -0.05) is 25.1 Å². The number of aromatic nitrogens is 2. The number of benzene rings is 1. The normalized spacial score (nSPS) is 15.6. The minimum absolute atomic E-state index is 0.292. The number of aryl methyl sites for hydroxylation is 1. The fourth-order valence-electron chi connectivity index (χ4n) is 3.35. The number of rotatable bonds is 5. The Bertz CT molecular complexity index is 942. The van der Waals surface area contributed by atoms with Crippen LogP contribution in [0.15, 0.2) is 40.1 Å². The van der Waals surface area contributed by atoms with Crippen LogP contribution < -0.4 is 5.32 Å². The second kappa shape index (κ2) is 8.24. The van der Waals surface area contributed by atoms with Gasteiger partial charge in [0.25, 0.3) is 5.91 Å². The van der Waals surface area contributed by atoms with Crippen LogP contribution in [0.5, 0.6) is 0 Å². The maximum atomic E-state index is 12.6. The third-order valence-corrected chi connectivity index (χ3v) is 5.87. The first-order valence-electron chi connectivity index (χ1n) is 9.59. The van der Waals surface area contributed by atoms with Gasteiger partial charge in [0.05, 0.1) is 5.69 Å². The molecular weight excluding hydrogens is 372 g/mol. The lowest BCUT2D eigenvalue weighted by molar-refractivity contribution is 0.102. The molecule has 7 heteroatoms. The van der Waals surface area contributed by atoms with Crippen LogP contribution in [0.3, 0.4) is 0 Å². The van der Waals surface area contributed by atoms with E-state index in [9.17, 15) is 4.79 Å². The van der Waals surface area contributed by atoms with Crippen LogP contribution in [-0.4, -0.2) is 33.9 Å². The van der Waals surface area contributed by atoms with Gasteiger partial charge in [0, 0.05) is 17.5 Å². The number of carbonyl (C=O) groups excluding carboxylic acids is 1. The van der Waals surface area contributed by atoms with Gasteiger partial charge in [0.2, 0.25) is 5.89 Å². The van der Waals surface area contributed by atoms with Crippen molar-refractivity contribution in [1.82, 2.24) is 14.9 Å². The molecule has 0 saturated carbocycles. The summed E-state index contributed by atoms with van der Waals surface area (Å²) in [5, 5.41) is 5.46. The van der Waals surface area contributed by atoms with Crippen LogP contribution in [0.25, 0.3) is 11.5 Å². The average Bonchev–Trinajstić information content (AvgIpc) is 3.30. The molecule has 2 aromatic heterocycles. The summed E-state index contributed by atoms with van der Waals surface area (Å²) >= 11 is 1.44. The molecule has 0 spiro atoms. The second-order valence-electron chi connectivity index (χ2n) is 7.35. The van der Waals surface area contributed by atoms with E-state index in [1.165, 1.54) is 24.2 Å². The Balaban J connectivity index is 1.40. The number of thiazole rings is 1. The van der Waals surface area contributed by atoms with E-state index >= 15 is 0 Å². The van der Waals surface area contributed by atoms with Gasteiger partial charge in [-0.2, -0.15) is 0 Å². The third-order valence-electron chi connectivity index (χ3n) is 5.07. The number of carbonyl (C=O) groups is 1. The van der Waals surface area contributed by atoms with E-state index < -0.39 is 0 Å². The molecule has 0 unspecified atom stereocenters. The first-order valence-corrected chi connectivity index (χ1v) is 10.5. The molecule has 0 aliphatic carbocycles. The van der Waals surface area contributed by atoms with E-state index in [-0.39, 0.29) is 5.91 Å². The zero-order valence-corrected chi connectivity index (χ0v) is 17.0. The quantitative estimate of drug-likeness (QED) is 0.683. The lowest BCUT2D eigenvalue weighted by Crippen LogP contribution is -2.32. The van der Waals surface area contributed by atoms with Crippen molar-refractivity contribution in [2.45, 2.75) is 33.2 Å². The molecule has 1 N–H and O–H groups in total. The summed E-state index contributed by atoms with van der Waals surface area (Å²) in [6.45, 7) is 7.11. The highest BCUT2D eigenvalue weighted by Gasteiger charge is 2.20. The van der Waals surface area contributed by atoms with Crippen LogP contribution in [0, 0.1) is 12.8 Å². The minimum atomic E-state index is -0.295. The summed E-state index contributed by atoms with van der Waals surface area (Å²) in [5.74, 6) is 1.46. The van der Waals surface area contributed by atoms with Crippen LogP contribution >= 0.6 is 11.3 Å². The lowest BCUT2D eigenvalue weighted by Gasteiger charge is -2.29. The summed E-state index contributed by atoms with van der Waals surface area (Å²) in [6, 6.07) is 9.56. The number of amides is 1. The molecule has 1 fully saturated rings. The van der Waals surface area contributed by atoms with E-state index in [4.69, 9.17) is 4.42 Å². The standard InChI is InChI=1S/C21H24N4O2S/c1-14-8-10-25(11-9-14)12-17-13-28-21(22-17)24-19(26)18-15(2)27-20(23-18)16-6-4-3-5-7-16/h3-7,13-14H,8-12H2,1-2H3,(H,22,24,26). The van der Waals surface area contributed by atoms with Gasteiger partial charge in [-0.25, -0.2) is 9.97 Å². The van der Waals surface area contributed by atoms with Gasteiger partial charge in [-0.3, -0.25) is 15.0 Å². The summed E-state index contributed by atoms with van der Waals surface area (Å²) < 4.78 is 5.68. The van der Waals surface area contributed by atoms with Gasteiger partial charge in [0.1, 0.15) is 5.76 Å². The molecule has 28 heavy (non-hydrogen) atoms. The Morgan fingerprint density at radius 1 is 1.25 bits per heavy atom. The highest BCUT2D eigenvalue weighted by Crippen LogP contribution is 2.24. The molecule has 1 aromatic carbocycles. The van der Waals surface area contributed by atoms with Crippen molar-refractivity contribution in [3.8, 4) is 11.5 Å². The van der Waals surface area contributed by atoms with E-state index in [0.717, 1.165) is 36.8 Å². The topological polar surface area (TPSA) is 71.3 Å². The van der Waals surface area contributed by atoms with Crippen molar-refractivity contribution in [2.24, 2.45) is 5.92 Å². The molecule has 1 aliphatic heterocycles. The van der Waals surface area contributed by atoms with Gasteiger partial charge >= 0.3 is 0 Å². The Kier molecular flexibility index (Phi) is 5.54. The van der Waals surface area contributed by atoms with E-state index in [0.29, 0.717) is 22.5 Å². The fraction of sp³-hybridized carbons (Fsp3) is 0.381. The molecular formula is C21H24N4O2S. The first-order chi connectivity index (χ1) is 13.6. The lowest BCUT2D eigenvalue weighted by atomic mass is 9.99. The number of oxazole rings is 1. The van der Waals surface area contributed by atoms with Gasteiger partial charge < -0.3 is 4.42 Å². The van der Waals surface area contributed by atoms with Crippen molar-refractivity contribution in [3.05, 3.63) is 52.9 Å². The fourth-order valence-corrected chi connectivity index (χ4v) is 4.05. The molecule has 6 nitrogen and oxygen atoms in total. The maximum absolute atomic E-state index is 12.6. The molecule has 0 bridgehead atoms. The number of nitrogens with zero attached hydrogens (tertiary/aromatic N) is 3. The van der Waals surface area contributed by atoms with Crippen molar-refractivity contribution in [1.29, 1.82) is 0 Å². The molecule has 3 heterocycles. The second-order valence-corrected chi connectivity index (χ2v) is 8.20. The van der Waals surface area contributed by atoms with Crippen LogP contribution in [0.2, 0.25) is 0 Å². The van der Waals surface area contributed by atoms with E-state index in [2.05, 4.69) is 27.1 Å². The third kappa shape index (κ3) is 4.31. The molecule has 1 aliphatic rings. The summed E-state index contributed by atoms with van der Waals surface area (Å²) in [7, 11) is 0. The maximum Gasteiger partial charge on any atom is 0.279 e. The summed E-state index contributed by atoms with van der Waals surface area (Å²) in [5.41, 5.74) is 2.13. The highest BCUT2D eigenvalue weighted by molar-refractivity contribution is 7.13. The largest absolute Gasteiger partial charge is 0.441 e. The van der Waals surface area contributed by atoms with Gasteiger partial charge in [-0.05, 0) is 50.9 Å². The van der Waals surface area contributed by atoms with Crippen molar-refractivity contribution in [2.75, 3.05) is 18.4 Å². The van der Waals surface area contributed by atoms with Crippen LogP contribution in [0.4, 0.5) is 5.13 Å². The Morgan fingerprint density at radius 3 is 2.75 bits per heavy atom. The minimum Gasteiger partial charge on any atom is -0.441 e. The van der Waals surface area contributed by atoms with E-state index in [1.807, 2.05) is 35.7 Å². The smallest absolute Gasteiger partial charge is 0.279 e. The molecule has 0 atom stereocenters. The Hall–Kier alpha value is -2.51. The SMILES string of the molecule is Cc1oc(-c2ccccc2)nc1C(=O)Nc1nc(CN2CCC(C)CC2)cs1. The monoisotopic (exact) mass is 396 g/mol. The van der Waals surface area contributed by atoms with Crippen molar-refractivity contribution in [3.63, 3.8) is 0 Å². The number of nitrogens with one attached hydrogen (secondary N) is 1. The molecule has 1 amide bonds. The Labute approximate surface area is 168 Å². The number of piperidine rings is 1. The average molecular weight is 397 g/mol. The van der Waals surface area contributed by atoms with Crippen LogP contribution in [-0.2, 0) is 6.54 Å². The molecule has 0 radical (unpaired) electrons. The summed E-state index contributed by atoms with van der Waals surface area (Å²) in [4.78, 5) is 24.0. The van der Waals surface area contributed by atoms with Gasteiger partial charge in [-0.15, -0.1) is 11.3 Å². The Morgan fingerprint density at radius 2 is 2.00 bits per heavy atom. The van der Waals surface area contributed by atoms with Crippen molar-refractivity contribution >= 4 is 22.4 Å². The summed E-state index contributed by atoms with van der Waals surface area (Å²) in [6.07, 6.45) is 2.48.